The Bertz CT molecular complexity index is 608. The van der Waals surface area contributed by atoms with Gasteiger partial charge in [-0.15, -0.1) is 0 Å². The molecule has 0 amide bonds. The van der Waals surface area contributed by atoms with Gasteiger partial charge in [0, 0.05) is 12.8 Å². The molecule has 0 saturated heterocycles. The van der Waals surface area contributed by atoms with Gasteiger partial charge in [-0.05, 0) is 54.8 Å². The smallest absolute Gasteiger partial charge is 0.303 e. The monoisotopic (exact) mass is 432 g/mol. The van der Waals surface area contributed by atoms with E-state index < -0.39 is 11.9 Å². The molecular weight excluding hydrogens is 388 g/mol. The third-order valence-corrected chi connectivity index (χ3v) is 7.64. The zero-order valence-electron chi connectivity index (χ0n) is 19.7. The first-order valence-corrected chi connectivity index (χ1v) is 12.8. The summed E-state index contributed by atoms with van der Waals surface area (Å²) in [5.41, 5.74) is 0. The van der Waals surface area contributed by atoms with Crippen LogP contribution in [0.3, 0.4) is 0 Å². The summed E-state index contributed by atoms with van der Waals surface area (Å²) in [6, 6.07) is 0. The van der Waals surface area contributed by atoms with Crippen LogP contribution in [-0.4, -0.2) is 22.2 Å². The van der Waals surface area contributed by atoms with Crippen LogP contribution in [0.1, 0.15) is 97.3 Å². The fraction of sp³-hybridized carbons (Fsp3) is 0.778. The molecule has 0 aliphatic heterocycles. The molecule has 0 aromatic carbocycles. The predicted molar refractivity (Wildman–Crippen MR) is 126 cm³/mol. The number of unbranched alkanes of at least 4 members (excludes halogenated alkanes) is 6. The van der Waals surface area contributed by atoms with Gasteiger partial charge in [0.25, 0.3) is 0 Å². The number of carboxylic acid groups (broad SMARTS) is 2. The van der Waals surface area contributed by atoms with Crippen molar-refractivity contribution in [1.82, 2.24) is 0 Å². The summed E-state index contributed by atoms with van der Waals surface area (Å²) in [5, 5.41) is 18.3. The zero-order chi connectivity index (χ0) is 22.6. The second-order valence-corrected chi connectivity index (χ2v) is 9.78. The van der Waals surface area contributed by atoms with E-state index in [-0.39, 0.29) is 18.8 Å². The largest absolute Gasteiger partial charge is 0.481 e. The minimum atomic E-state index is -0.711. The van der Waals surface area contributed by atoms with Crippen LogP contribution in [0.5, 0.6) is 0 Å². The molecule has 0 heterocycles. The maximum absolute atomic E-state index is 11.7. The molecule has 0 bridgehead atoms. The van der Waals surface area contributed by atoms with Crippen LogP contribution in [0.4, 0.5) is 0 Å². The van der Waals surface area contributed by atoms with Crippen LogP contribution < -0.4 is 0 Å². The number of carboxylic acids is 2. The normalized spacial score (nSPS) is 29.6. The highest BCUT2D eigenvalue weighted by atomic mass is 16.4. The molecule has 0 aromatic rings. The molecule has 0 radical (unpaired) electrons. The van der Waals surface area contributed by atoms with E-state index in [0.29, 0.717) is 29.6 Å². The lowest BCUT2D eigenvalue weighted by Crippen LogP contribution is -2.39. The number of hydrogen-bond acceptors (Lipinski definition) is 2. The van der Waals surface area contributed by atoms with Crippen molar-refractivity contribution in [2.75, 3.05) is 0 Å². The van der Waals surface area contributed by atoms with Crippen molar-refractivity contribution in [1.29, 1.82) is 0 Å². The maximum Gasteiger partial charge on any atom is 0.303 e. The molecule has 176 valence electrons. The highest BCUT2D eigenvalue weighted by Crippen LogP contribution is 2.48. The first kappa shape index (κ1) is 25.7. The lowest BCUT2D eigenvalue weighted by molar-refractivity contribution is -0.139. The number of hydrogen-bond donors (Lipinski definition) is 2. The van der Waals surface area contributed by atoms with E-state index in [2.05, 4.69) is 38.2 Å². The van der Waals surface area contributed by atoms with Gasteiger partial charge in [-0.2, -0.15) is 0 Å². The minimum absolute atomic E-state index is 0.196. The van der Waals surface area contributed by atoms with Gasteiger partial charge in [-0.1, -0.05) is 89.5 Å². The summed E-state index contributed by atoms with van der Waals surface area (Å²) >= 11 is 0. The van der Waals surface area contributed by atoms with Gasteiger partial charge in [-0.3, -0.25) is 9.59 Å². The number of fused-ring (bicyclic) bond motifs is 1. The van der Waals surface area contributed by atoms with E-state index in [1.165, 1.54) is 25.7 Å². The van der Waals surface area contributed by atoms with E-state index in [1.54, 1.807) is 0 Å². The van der Waals surface area contributed by atoms with Crippen LogP contribution in [0, 0.1) is 35.5 Å². The van der Waals surface area contributed by atoms with E-state index in [9.17, 15) is 14.7 Å². The summed E-state index contributed by atoms with van der Waals surface area (Å²) in [7, 11) is 0. The molecule has 6 atom stereocenters. The first-order chi connectivity index (χ1) is 15.0. The van der Waals surface area contributed by atoms with Crippen LogP contribution in [0.2, 0.25) is 0 Å². The maximum atomic E-state index is 11.7. The lowest BCUT2D eigenvalue weighted by Gasteiger charge is -2.46. The van der Waals surface area contributed by atoms with Crippen LogP contribution in [0.15, 0.2) is 24.3 Å². The Morgan fingerprint density at radius 3 is 1.81 bits per heavy atom. The van der Waals surface area contributed by atoms with Gasteiger partial charge in [0.1, 0.15) is 0 Å². The van der Waals surface area contributed by atoms with Gasteiger partial charge in [-0.25, -0.2) is 0 Å². The summed E-state index contributed by atoms with van der Waals surface area (Å²) in [4.78, 5) is 22.3. The molecule has 0 aromatic heterocycles. The predicted octanol–water partition coefficient (Wildman–Crippen LogP) is 7.10. The Morgan fingerprint density at radius 2 is 1.23 bits per heavy atom. The molecule has 4 heteroatoms. The summed E-state index contributed by atoms with van der Waals surface area (Å²) in [6.45, 7) is 4.55. The fourth-order valence-corrected chi connectivity index (χ4v) is 6.01. The number of rotatable bonds is 15. The number of aliphatic carboxylic acids is 2. The molecule has 2 rings (SSSR count). The van der Waals surface area contributed by atoms with E-state index in [4.69, 9.17) is 5.11 Å². The summed E-state index contributed by atoms with van der Waals surface area (Å²) < 4.78 is 0. The quantitative estimate of drug-likeness (QED) is 0.214. The van der Waals surface area contributed by atoms with E-state index in [0.717, 1.165) is 44.9 Å². The third kappa shape index (κ3) is 8.12. The average molecular weight is 433 g/mol. The van der Waals surface area contributed by atoms with Crippen molar-refractivity contribution >= 4 is 11.9 Å². The number of allylic oxidation sites excluding steroid dienone is 4. The third-order valence-electron chi connectivity index (χ3n) is 7.64. The van der Waals surface area contributed by atoms with Crippen LogP contribution >= 0.6 is 0 Å². The van der Waals surface area contributed by atoms with Crippen LogP contribution in [-0.2, 0) is 9.59 Å². The Morgan fingerprint density at radius 1 is 0.677 bits per heavy atom. The summed E-state index contributed by atoms with van der Waals surface area (Å²) in [6.07, 6.45) is 22.4. The molecule has 4 nitrogen and oxygen atoms in total. The Hall–Kier alpha value is -1.58. The summed E-state index contributed by atoms with van der Waals surface area (Å²) in [5.74, 6) is 1.26. The first-order valence-electron chi connectivity index (χ1n) is 12.8. The minimum Gasteiger partial charge on any atom is -0.481 e. The van der Waals surface area contributed by atoms with Gasteiger partial charge in [0.15, 0.2) is 0 Å². The Balaban J connectivity index is 1.96. The Kier molecular flexibility index (Phi) is 11.4. The van der Waals surface area contributed by atoms with E-state index >= 15 is 0 Å². The van der Waals surface area contributed by atoms with Gasteiger partial charge in [0.2, 0.25) is 0 Å². The number of carbonyl (C=O) groups is 2. The van der Waals surface area contributed by atoms with Crippen LogP contribution in [0.25, 0.3) is 0 Å². The molecule has 2 aliphatic carbocycles. The van der Waals surface area contributed by atoms with Crippen molar-refractivity contribution in [2.45, 2.75) is 97.3 Å². The lowest BCUT2D eigenvalue weighted by atomic mass is 9.59. The van der Waals surface area contributed by atoms with Crippen molar-refractivity contribution in [3.63, 3.8) is 0 Å². The Labute approximate surface area is 189 Å². The highest BCUT2D eigenvalue weighted by molar-refractivity contribution is 5.67. The average Bonchev–Trinajstić information content (AvgIpc) is 2.73. The van der Waals surface area contributed by atoms with Gasteiger partial charge >= 0.3 is 11.9 Å². The molecule has 2 aliphatic rings. The van der Waals surface area contributed by atoms with Gasteiger partial charge in [0.05, 0.1) is 0 Å². The molecule has 0 spiro atoms. The van der Waals surface area contributed by atoms with E-state index in [1.807, 2.05) is 0 Å². The highest BCUT2D eigenvalue weighted by Gasteiger charge is 2.42. The van der Waals surface area contributed by atoms with Crippen molar-refractivity contribution in [3.8, 4) is 0 Å². The second kappa shape index (κ2) is 13.8. The zero-order valence-corrected chi connectivity index (χ0v) is 19.7. The molecular formula is C27H44O4. The van der Waals surface area contributed by atoms with Crippen molar-refractivity contribution < 1.29 is 19.8 Å². The van der Waals surface area contributed by atoms with Crippen molar-refractivity contribution in [3.05, 3.63) is 24.3 Å². The standard InChI is InChI=1S/C27H44O4/c1-3-5-9-12-20-15-18-24-23(22(20)4-2)17-16-21(25(24)19-27(30)31)13-10-7-6-8-11-14-26(28)29/h15-18,20-25H,3-14,19H2,1-2H3,(H,28,29)(H,30,31). The molecule has 0 saturated carbocycles. The SMILES string of the molecule is CCCCCC1C=CC2C(C=CC(CCCCCCCC(=O)O)C2CC(=O)O)C1CC. The molecule has 2 N–H and O–H groups in total. The fourth-order valence-electron chi connectivity index (χ4n) is 6.01. The molecule has 6 unspecified atom stereocenters. The van der Waals surface area contributed by atoms with Crippen molar-refractivity contribution in [2.24, 2.45) is 35.5 Å². The second-order valence-electron chi connectivity index (χ2n) is 9.78. The van der Waals surface area contributed by atoms with Gasteiger partial charge < -0.3 is 10.2 Å². The molecule has 0 fully saturated rings. The molecule has 31 heavy (non-hydrogen) atoms. The topological polar surface area (TPSA) is 74.6 Å².